The SMILES string of the molecule is Cc1cc(N2CC(CS(=O)(=O)Cl)CC2=O)n(C)n1. The van der Waals surface area contributed by atoms with Crippen molar-refractivity contribution in [1.82, 2.24) is 9.78 Å². The van der Waals surface area contributed by atoms with Gasteiger partial charge in [0.15, 0.2) is 0 Å². The number of carbonyl (C=O) groups is 1. The number of hydrogen-bond acceptors (Lipinski definition) is 4. The maximum atomic E-state index is 11.9. The Morgan fingerprint density at radius 3 is 2.72 bits per heavy atom. The van der Waals surface area contributed by atoms with Crippen molar-refractivity contribution in [3.8, 4) is 0 Å². The molecule has 1 aromatic rings. The summed E-state index contributed by atoms with van der Waals surface area (Å²) in [5.74, 6) is 0.165. The molecule has 6 nitrogen and oxygen atoms in total. The van der Waals surface area contributed by atoms with Gasteiger partial charge in [-0.05, 0) is 6.92 Å². The van der Waals surface area contributed by atoms with Gasteiger partial charge in [-0.2, -0.15) is 5.10 Å². The molecule has 0 bridgehead atoms. The standard InChI is InChI=1S/C10H14ClN3O3S/c1-7-3-9(13(2)12-7)14-5-8(4-10(14)15)6-18(11,16)17/h3,8H,4-6H2,1-2H3. The molecular weight excluding hydrogens is 278 g/mol. The van der Waals surface area contributed by atoms with E-state index in [2.05, 4.69) is 5.10 Å². The minimum atomic E-state index is -3.57. The van der Waals surface area contributed by atoms with Gasteiger partial charge in [0.2, 0.25) is 15.0 Å². The second-order valence-electron chi connectivity index (χ2n) is 4.55. The third-order valence-corrected chi connectivity index (χ3v) is 4.14. The molecule has 1 atom stereocenters. The normalized spacial score (nSPS) is 20.7. The molecule has 0 aromatic carbocycles. The van der Waals surface area contributed by atoms with Crippen LogP contribution in [0.4, 0.5) is 5.82 Å². The van der Waals surface area contributed by atoms with Crippen molar-refractivity contribution in [3.63, 3.8) is 0 Å². The minimum absolute atomic E-state index is 0.0942. The van der Waals surface area contributed by atoms with Crippen molar-refractivity contribution < 1.29 is 13.2 Å². The zero-order valence-corrected chi connectivity index (χ0v) is 11.7. The van der Waals surface area contributed by atoms with E-state index in [-0.39, 0.29) is 24.0 Å². The summed E-state index contributed by atoms with van der Waals surface area (Å²) in [6.45, 7) is 2.20. The van der Waals surface area contributed by atoms with Crippen LogP contribution < -0.4 is 4.90 Å². The summed E-state index contributed by atoms with van der Waals surface area (Å²) in [5, 5.41) is 4.17. The average Bonchev–Trinajstić information content (AvgIpc) is 2.67. The van der Waals surface area contributed by atoms with E-state index in [1.807, 2.05) is 6.92 Å². The summed E-state index contributed by atoms with van der Waals surface area (Å²) in [5.41, 5.74) is 0.814. The summed E-state index contributed by atoms with van der Waals surface area (Å²) in [6.07, 6.45) is 0.205. The highest BCUT2D eigenvalue weighted by atomic mass is 35.7. The lowest BCUT2D eigenvalue weighted by Gasteiger charge is -2.15. The fourth-order valence-electron chi connectivity index (χ4n) is 2.25. The van der Waals surface area contributed by atoms with Gasteiger partial charge in [-0.25, -0.2) is 8.42 Å². The van der Waals surface area contributed by atoms with Gasteiger partial charge in [0, 0.05) is 42.7 Å². The molecule has 100 valence electrons. The van der Waals surface area contributed by atoms with E-state index >= 15 is 0 Å². The molecule has 1 saturated heterocycles. The Labute approximate surface area is 110 Å². The zero-order chi connectivity index (χ0) is 13.5. The van der Waals surface area contributed by atoms with E-state index in [9.17, 15) is 13.2 Å². The van der Waals surface area contributed by atoms with Crippen LogP contribution in [0.15, 0.2) is 6.07 Å². The van der Waals surface area contributed by atoms with Gasteiger partial charge in [0.05, 0.1) is 11.4 Å². The molecule has 8 heteroatoms. The monoisotopic (exact) mass is 291 g/mol. The summed E-state index contributed by atoms with van der Waals surface area (Å²) in [6, 6.07) is 1.80. The van der Waals surface area contributed by atoms with Crippen LogP contribution in [0.3, 0.4) is 0 Å². The van der Waals surface area contributed by atoms with Crippen LogP contribution in [0.1, 0.15) is 12.1 Å². The number of nitrogens with zero attached hydrogens (tertiary/aromatic N) is 3. The Bertz CT molecular complexity index is 581. The topological polar surface area (TPSA) is 72.3 Å². The molecule has 1 aromatic heterocycles. The molecule has 1 unspecified atom stereocenters. The van der Waals surface area contributed by atoms with Gasteiger partial charge >= 0.3 is 0 Å². The Morgan fingerprint density at radius 1 is 1.56 bits per heavy atom. The Hall–Kier alpha value is -1.08. The molecule has 1 amide bonds. The number of amides is 1. The molecule has 0 spiro atoms. The molecule has 1 aliphatic rings. The fourth-order valence-corrected chi connectivity index (χ4v) is 3.57. The van der Waals surface area contributed by atoms with E-state index in [0.717, 1.165) is 5.69 Å². The molecular formula is C10H14ClN3O3S. The van der Waals surface area contributed by atoms with Gasteiger partial charge in [-0.15, -0.1) is 0 Å². The van der Waals surface area contributed by atoms with E-state index < -0.39 is 9.05 Å². The van der Waals surface area contributed by atoms with Crippen molar-refractivity contribution >= 4 is 31.5 Å². The molecule has 0 saturated carbocycles. The molecule has 2 heterocycles. The Balaban J connectivity index is 2.17. The first-order valence-electron chi connectivity index (χ1n) is 5.49. The third-order valence-electron chi connectivity index (χ3n) is 2.89. The first kappa shape index (κ1) is 13.4. The highest BCUT2D eigenvalue weighted by Crippen LogP contribution is 2.26. The van der Waals surface area contributed by atoms with Crippen LogP contribution >= 0.6 is 10.7 Å². The summed E-state index contributed by atoms with van der Waals surface area (Å²) >= 11 is 0. The van der Waals surface area contributed by atoms with E-state index in [4.69, 9.17) is 10.7 Å². The van der Waals surface area contributed by atoms with Gasteiger partial charge in [-0.1, -0.05) is 0 Å². The smallest absolute Gasteiger partial charge is 0.232 e. The second kappa shape index (κ2) is 4.55. The van der Waals surface area contributed by atoms with Crippen molar-refractivity contribution in [3.05, 3.63) is 11.8 Å². The quantitative estimate of drug-likeness (QED) is 0.767. The largest absolute Gasteiger partial charge is 0.297 e. The van der Waals surface area contributed by atoms with Gasteiger partial charge in [-0.3, -0.25) is 14.4 Å². The Morgan fingerprint density at radius 2 is 2.22 bits per heavy atom. The number of aryl methyl sites for hydroxylation is 2. The third kappa shape index (κ3) is 2.84. The van der Waals surface area contributed by atoms with Crippen molar-refractivity contribution in [2.24, 2.45) is 13.0 Å². The van der Waals surface area contributed by atoms with Crippen LogP contribution in [0.5, 0.6) is 0 Å². The molecule has 2 rings (SSSR count). The van der Waals surface area contributed by atoms with Crippen molar-refractivity contribution in [2.75, 3.05) is 17.2 Å². The lowest BCUT2D eigenvalue weighted by atomic mass is 10.1. The lowest BCUT2D eigenvalue weighted by molar-refractivity contribution is -0.117. The van der Waals surface area contributed by atoms with Crippen LogP contribution in [0.2, 0.25) is 0 Å². The molecule has 1 fully saturated rings. The van der Waals surface area contributed by atoms with E-state index in [0.29, 0.717) is 12.4 Å². The minimum Gasteiger partial charge on any atom is -0.297 e. The van der Waals surface area contributed by atoms with Crippen LogP contribution in [0.25, 0.3) is 0 Å². The van der Waals surface area contributed by atoms with Gasteiger partial charge in [0.1, 0.15) is 5.82 Å². The lowest BCUT2D eigenvalue weighted by Crippen LogP contribution is -2.27. The fraction of sp³-hybridized carbons (Fsp3) is 0.600. The van der Waals surface area contributed by atoms with E-state index in [1.54, 1.807) is 22.7 Å². The van der Waals surface area contributed by atoms with E-state index in [1.165, 1.54) is 0 Å². The number of anilines is 1. The van der Waals surface area contributed by atoms with Gasteiger partial charge in [0.25, 0.3) is 0 Å². The maximum Gasteiger partial charge on any atom is 0.232 e. The highest BCUT2D eigenvalue weighted by Gasteiger charge is 2.34. The predicted octanol–water partition coefficient (Wildman–Crippen LogP) is 0.650. The molecule has 0 N–H and O–H groups in total. The second-order valence-corrected chi connectivity index (χ2v) is 7.37. The highest BCUT2D eigenvalue weighted by molar-refractivity contribution is 8.13. The van der Waals surface area contributed by atoms with Crippen LogP contribution in [-0.2, 0) is 20.9 Å². The van der Waals surface area contributed by atoms with Crippen molar-refractivity contribution in [2.45, 2.75) is 13.3 Å². The summed E-state index contributed by atoms with van der Waals surface area (Å²) in [7, 11) is 3.40. The molecule has 0 aliphatic carbocycles. The number of aromatic nitrogens is 2. The number of hydrogen-bond donors (Lipinski definition) is 0. The Kier molecular flexibility index (Phi) is 3.37. The molecule has 0 radical (unpaired) electrons. The zero-order valence-electron chi connectivity index (χ0n) is 10.1. The van der Waals surface area contributed by atoms with Gasteiger partial charge < -0.3 is 0 Å². The molecule has 18 heavy (non-hydrogen) atoms. The van der Waals surface area contributed by atoms with Crippen LogP contribution in [0, 0.1) is 12.8 Å². The summed E-state index contributed by atoms with van der Waals surface area (Å²) < 4.78 is 23.7. The number of halogens is 1. The first-order chi connectivity index (χ1) is 8.26. The first-order valence-corrected chi connectivity index (χ1v) is 7.97. The van der Waals surface area contributed by atoms with Crippen LogP contribution in [-0.4, -0.2) is 36.4 Å². The number of carbonyl (C=O) groups excluding carboxylic acids is 1. The van der Waals surface area contributed by atoms with Crippen molar-refractivity contribution in [1.29, 1.82) is 0 Å². The number of rotatable bonds is 3. The summed E-state index contributed by atoms with van der Waals surface area (Å²) in [4.78, 5) is 13.4. The maximum absolute atomic E-state index is 11.9. The molecule has 1 aliphatic heterocycles. The predicted molar refractivity (Wildman–Crippen MR) is 68.0 cm³/mol. The average molecular weight is 292 g/mol.